The molecule has 0 spiro atoms. The standard InChI is InChI=1S/C26H28F2N4O2S/c1-17(2)35-31-12-10-30(11-13-31)24-16-29-32(18-6-4-3-5-7-18)26(33)25(24)34-19-14-20-21(15-19)23(28)9-8-22(20)27/h3-9,16-17,19H,10-15H2,1-2H3. The van der Waals surface area contributed by atoms with E-state index < -0.39 is 17.7 Å². The molecule has 1 fully saturated rings. The Kier molecular flexibility index (Phi) is 6.80. The second-order valence-corrected chi connectivity index (χ2v) is 10.8. The van der Waals surface area contributed by atoms with E-state index in [1.165, 1.54) is 4.68 Å². The van der Waals surface area contributed by atoms with Crippen molar-refractivity contribution >= 4 is 17.6 Å². The zero-order chi connectivity index (χ0) is 24.5. The second kappa shape index (κ2) is 9.99. The van der Waals surface area contributed by atoms with Gasteiger partial charge in [-0.3, -0.25) is 4.79 Å². The number of hydrogen-bond acceptors (Lipinski definition) is 6. The largest absolute Gasteiger partial charge is 0.482 e. The molecule has 3 aromatic rings. The molecule has 0 N–H and O–H groups in total. The number of halogens is 2. The molecule has 2 aliphatic rings. The van der Waals surface area contributed by atoms with Gasteiger partial charge in [-0.25, -0.2) is 13.1 Å². The maximum atomic E-state index is 14.3. The van der Waals surface area contributed by atoms with Crippen LogP contribution in [-0.2, 0) is 12.8 Å². The summed E-state index contributed by atoms with van der Waals surface area (Å²) in [6.07, 6.45) is 1.56. The molecular formula is C26H28F2N4O2S. The Labute approximate surface area is 207 Å². The highest BCUT2D eigenvalue weighted by Crippen LogP contribution is 2.33. The van der Waals surface area contributed by atoms with Crippen molar-refractivity contribution in [3.63, 3.8) is 0 Å². The number of piperazine rings is 1. The molecule has 0 bridgehead atoms. The van der Waals surface area contributed by atoms with E-state index in [2.05, 4.69) is 28.2 Å². The number of benzene rings is 2. The van der Waals surface area contributed by atoms with Crippen LogP contribution in [0.3, 0.4) is 0 Å². The molecule has 6 nitrogen and oxygen atoms in total. The van der Waals surface area contributed by atoms with Crippen LogP contribution in [0, 0.1) is 11.6 Å². The number of rotatable bonds is 6. The van der Waals surface area contributed by atoms with Crippen molar-refractivity contribution in [2.45, 2.75) is 38.0 Å². The van der Waals surface area contributed by atoms with Gasteiger partial charge in [-0.05, 0) is 35.4 Å². The summed E-state index contributed by atoms with van der Waals surface area (Å²) in [6.45, 7) is 7.47. The fraction of sp³-hybridized carbons (Fsp3) is 0.385. The number of para-hydroxylation sites is 1. The number of nitrogens with zero attached hydrogens (tertiary/aromatic N) is 4. The maximum absolute atomic E-state index is 14.3. The summed E-state index contributed by atoms with van der Waals surface area (Å²) in [6, 6.07) is 11.4. The average molecular weight is 499 g/mol. The first kappa shape index (κ1) is 23.8. The predicted octanol–water partition coefficient (Wildman–Crippen LogP) is 4.24. The number of anilines is 1. The normalized spacial score (nSPS) is 16.7. The minimum Gasteiger partial charge on any atom is -0.482 e. The first-order valence-corrected chi connectivity index (χ1v) is 12.7. The molecule has 2 aromatic carbocycles. The SMILES string of the molecule is CC(C)SN1CCN(c2cnn(-c3ccccc3)c(=O)c2OC2Cc3c(F)ccc(F)c3C2)CC1. The van der Waals surface area contributed by atoms with E-state index in [-0.39, 0.29) is 24.2 Å². The van der Waals surface area contributed by atoms with Gasteiger partial charge in [-0.1, -0.05) is 44.0 Å². The van der Waals surface area contributed by atoms with Crippen LogP contribution in [0.4, 0.5) is 14.5 Å². The number of fused-ring (bicyclic) bond motifs is 1. The second-order valence-electron chi connectivity index (χ2n) is 9.12. The molecule has 0 radical (unpaired) electrons. The van der Waals surface area contributed by atoms with Gasteiger partial charge >= 0.3 is 5.56 Å². The van der Waals surface area contributed by atoms with Gasteiger partial charge in [0.2, 0.25) is 5.75 Å². The summed E-state index contributed by atoms with van der Waals surface area (Å²) in [4.78, 5) is 15.7. The first-order chi connectivity index (χ1) is 16.9. The molecule has 35 heavy (non-hydrogen) atoms. The van der Waals surface area contributed by atoms with Crippen LogP contribution in [-0.4, -0.2) is 51.6 Å². The van der Waals surface area contributed by atoms with Crippen molar-refractivity contribution in [1.29, 1.82) is 0 Å². The smallest absolute Gasteiger partial charge is 0.316 e. The third-order valence-electron chi connectivity index (χ3n) is 6.32. The molecule has 1 aliphatic heterocycles. The maximum Gasteiger partial charge on any atom is 0.316 e. The van der Waals surface area contributed by atoms with Gasteiger partial charge in [0.25, 0.3) is 0 Å². The van der Waals surface area contributed by atoms with E-state index in [9.17, 15) is 13.6 Å². The van der Waals surface area contributed by atoms with E-state index in [0.29, 0.717) is 27.8 Å². The molecule has 0 amide bonds. The predicted molar refractivity (Wildman–Crippen MR) is 135 cm³/mol. The van der Waals surface area contributed by atoms with Crippen molar-refractivity contribution < 1.29 is 13.5 Å². The number of ether oxygens (including phenoxy) is 1. The van der Waals surface area contributed by atoms with Crippen LogP contribution < -0.4 is 15.2 Å². The van der Waals surface area contributed by atoms with Crippen molar-refractivity contribution in [3.05, 3.63) is 81.8 Å². The van der Waals surface area contributed by atoms with Crippen molar-refractivity contribution in [2.75, 3.05) is 31.1 Å². The summed E-state index contributed by atoms with van der Waals surface area (Å²) in [5.41, 5.74) is 1.51. The Morgan fingerprint density at radius 1 is 0.971 bits per heavy atom. The van der Waals surface area contributed by atoms with E-state index in [1.807, 2.05) is 30.1 Å². The van der Waals surface area contributed by atoms with Gasteiger partial charge in [-0.2, -0.15) is 9.78 Å². The van der Waals surface area contributed by atoms with Crippen molar-refractivity contribution in [2.24, 2.45) is 0 Å². The third kappa shape index (κ3) is 4.92. The highest BCUT2D eigenvalue weighted by atomic mass is 32.2. The lowest BCUT2D eigenvalue weighted by molar-refractivity contribution is 0.208. The average Bonchev–Trinajstić information content (AvgIpc) is 3.29. The molecule has 0 saturated carbocycles. The minimum atomic E-state index is -0.535. The zero-order valence-corrected chi connectivity index (χ0v) is 20.6. The quantitative estimate of drug-likeness (QED) is 0.474. The number of aromatic nitrogens is 2. The van der Waals surface area contributed by atoms with E-state index >= 15 is 0 Å². The van der Waals surface area contributed by atoms with Crippen LogP contribution in [0.15, 0.2) is 53.5 Å². The zero-order valence-electron chi connectivity index (χ0n) is 19.8. The summed E-state index contributed by atoms with van der Waals surface area (Å²) in [7, 11) is 0. The Morgan fingerprint density at radius 3 is 2.20 bits per heavy atom. The Bertz CT molecular complexity index is 1230. The molecule has 0 atom stereocenters. The molecule has 184 valence electrons. The van der Waals surface area contributed by atoms with E-state index in [0.717, 1.165) is 38.3 Å². The fourth-order valence-electron chi connectivity index (χ4n) is 4.71. The van der Waals surface area contributed by atoms with Gasteiger partial charge in [-0.15, -0.1) is 0 Å². The Morgan fingerprint density at radius 2 is 1.60 bits per heavy atom. The van der Waals surface area contributed by atoms with Crippen molar-refractivity contribution in [1.82, 2.24) is 14.1 Å². The van der Waals surface area contributed by atoms with Gasteiger partial charge < -0.3 is 9.64 Å². The van der Waals surface area contributed by atoms with Gasteiger partial charge in [0.15, 0.2) is 0 Å². The van der Waals surface area contributed by atoms with Crippen LogP contribution in [0.1, 0.15) is 25.0 Å². The van der Waals surface area contributed by atoms with Crippen LogP contribution in [0.25, 0.3) is 5.69 Å². The summed E-state index contributed by atoms with van der Waals surface area (Å²) < 4.78 is 38.6. The van der Waals surface area contributed by atoms with E-state index in [4.69, 9.17) is 4.74 Å². The highest BCUT2D eigenvalue weighted by Gasteiger charge is 2.31. The molecule has 5 rings (SSSR count). The third-order valence-corrected chi connectivity index (χ3v) is 7.40. The summed E-state index contributed by atoms with van der Waals surface area (Å²) in [5, 5.41) is 4.94. The van der Waals surface area contributed by atoms with Gasteiger partial charge in [0, 0.05) is 44.3 Å². The fourth-order valence-corrected chi connectivity index (χ4v) is 5.68. The van der Waals surface area contributed by atoms with Gasteiger partial charge in [0.1, 0.15) is 23.4 Å². The molecular weight excluding hydrogens is 470 g/mol. The van der Waals surface area contributed by atoms with Gasteiger partial charge in [0.05, 0.1) is 11.9 Å². The Hall–Kier alpha value is -2.91. The molecule has 2 heterocycles. The topological polar surface area (TPSA) is 50.6 Å². The van der Waals surface area contributed by atoms with Crippen LogP contribution in [0.2, 0.25) is 0 Å². The highest BCUT2D eigenvalue weighted by molar-refractivity contribution is 7.97. The lowest BCUT2D eigenvalue weighted by Gasteiger charge is -2.36. The number of hydrogen-bond donors (Lipinski definition) is 0. The summed E-state index contributed by atoms with van der Waals surface area (Å²) in [5.74, 6) is -0.710. The van der Waals surface area contributed by atoms with Crippen LogP contribution >= 0.6 is 11.9 Å². The van der Waals surface area contributed by atoms with Crippen molar-refractivity contribution in [3.8, 4) is 11.4 Å². The lowest BCUT2D eigenvalue weighted by atomic mass is 10.1. The summed E-state index contributed by atoms with van der Waals surface area (Å²) >= 11 is 1.82. The van der Waals surface area contributed by atoms with Crippen LogP contribution in [0.5, 0.6) is 5.75 Å². The first-order valence-electron chi connectivity index (χ1n) is 11.9. The molecule has 0 unspecified atom stereocenters. The minimum absolute atomic E-state index is 0.174. The molecule has 1 aromatic heterocycles. The molecule has 1 saturated heterocycles. The lowest BCUT2D eigenvalue weighted by Crippen LogP contribution is -2.45. The molecule has 9 heteroatoms. The van der Waals surface area contributed by atoms with E-state index in [1.54, 1.807) is 18.3 Å². The Balaban J connectivity index is 1.46. The molecule has 1 aliphatic carbocycles. The monoisotopic (exact) mass is 498 g/mol.